The zero-order valence-corrected chi connectivity index (χ0v) is 10.5. The third kappa shape index (κ3) is 2.21. The summed E-state index contributed by atoms with van der Waals surface area (Å²) in [4.78, 5) is 23.0. The molecule has 3 rings (SSSR count). The average Bonchev–Trinajstić information content (AvgIpc) is 2.76. The van der Waals surface area contributed by atoms with Crippen LogP contribution in [-0.2, 0) is 6.42 Å². The van der Waals surface area contributed by atoms with Crippen molar-refractivity contribution in [3.8, 4) is 0 Å². The van der Waals surface area contributed by atoms with Gasteiger partial charge in [-0.05, 0) is 17.2 Å². The largest absolute Gasteiger partial charge is 0.390 e. The molecule has 2 unspecified atom stereocenters. The van der Waals surface area contributed by atoms with E-state index in [0.29, 0.717) is 6.42 Å². The van der Waals surface area contributed by atoms with Gasteiger partial charge in [0.15, 0.2) is 0 Å². The molecule has 1 amide bonds. The normalized spacial score (nSPS) is 20.4. The van der Waals surface area contributed by atoms with Crippen molar-refractivity contribution in [2.24, 2.45) is 0 Å². The number of aromatic nitrogens is 2. The number of aliphatic hydroxyl groups excluding tert-OH is 1. The first-order valence-electron chi connectivity index (χ1n) is 6.27. The summed E-state index contributed by atoms with van der Waals surface area (Å²) in [5.41, 5.74) is 1.69. The quantitative estimate of drug-likeness (QED) is 0.725. The highest BCUT2D eigenvalue weighted by Gasteiger charge is 2.32. The molecule has 6 nitrogen and oxygen atoms in total. The number of benzene rings is 1. The van der Waals surface area contributed by atoms with Crippen LogP contribution in [-0.4, -0.2) is 27.3 Å². The van der Waals surface area contributed by atoms with E-state index in [1.54, 1.807) is 0 Å². The Morgan fingerprint density at radius 2 is 2.10 bits per heavy atom. The van der Waals surface area contributed by atoms with Crippen LogP contribution in [0.15, 0.2) is 41.2 Å². The Balaban J connectivity index is 1.83. The van der Waals surface area contributed by atoms with Gasteiger partial charge >= 0.3 is 0 Å². The lowest BCUT2D eigenvalue weighted by molar-refractivity contribution is 0.0852. The number of nitrogens with zero attached hydrogens (tertiary/aromatic N) is 1. The summed E-state index contributed by atoms with van der Waals surface area (Å²) < 4.78 is 0. The number of aliphatic hydroxyl groups is 1. The number of rotatable bonds is 2. The Hall–Kier alpha value is -2.47. The molecule has 1 aliphatic rings. The maximum Gasteiger partial charge on any atom is 0.272 e. The van der Waals surface area contributed by atoms with Crippen LogP contribution in [0.25, 0.3) is 0 Å². The predicted octanol–water partition coefficient (Wildman–Crippen LogP) is 0.158. The van der Waals surface area contributed by atoms with Crippen LogP contribution in [0.2, 0.25) is 0 Å². The molecule has 0 saturated carbocycles. The van der Waals surface area contributed by atoms with E-state index in [0.717, 1.165) is 11.1 Å². The standard InChI is InChI=1S/C14H13N3O3/c18-11-7-8-3-1-2-4-9(8)13(11)15-14(20)10-5-6-12(19)17-16-10/h1-6,11,13,18H,7H2,(H,15,20)(H,17,19). The minimum absolute atomic E-state index is 0.112. The Labute approximate surface area is 114 Å². The molecule has 102 valence electrons. The first kappa shape index (κ1) is 12.6. The van der Waals surface area contributed by atoms with Gasteiger partial charge in [0.25, 0.3) is 11.5 Å². The lowest BCUT2D eigenvalue weighted by atomic mass is 10.1. The summed E-state index contributed by atoms with van der Waals surface area (Å²) in [6.07, 6.45) is -0.140. The third-order valence-electron chi connectivity index (χ3n) is 3.40. The molecule has 0 fully saturated rings. The summed E-state index contributed by atoms with van der Waals surface area (Å²) in [5.74, 6) is -0.429. The van der Waals surface area contributed by atoms with E-state index in [1.165, 1.54) is 12.1 Å². The van der Waals surface area contributed by atoms with Gasteiger partial charge in [0.05, 0.1) is 12.1 Å². The van der Waals surface area contributed by atoms with Crippen molar-refractivity contribution >= 4 is 5.91 Å². The summed E-state index contributed by atoms with van der Waals surface area (Å²) in [6.45, 7) is 0. The summed E-state index contributed by atoms with van der Waals surface area (Å²) >= 11 is 0. The SMILES string of the molecule is O=C(NC1c2ccccc2CC1O)c1ccc(=O)[nH]n1. The molecule has 1 heterocycles. The van der Waals surface area contributed by atoms with Crippen LogP contribution in [0.3, 0.4) is 0 Å². The minimum atomic E-state index is -0.654. The van der Waals surface area contributed by atoms with Gasteiger partial charge in [0.1, 0.15) is 5.69 Å². The van der Waals surface area contributed by atoms with Crippen LogP contribution in [0.1, 0.15) is 27.7 Å². The number of carbonyl (C=O) groups is 1. The lowest BCUT2D eigenvalue weighted by Crippen LogP contribution is -2.34. The first-order chi connectivity index (χ1) is 9.65. The lowest BCUT2D eigenvalue weighted by Gasteiger charge is -2.17. The average molecular weight is 271 g/mol. The predicted molar refractivity (Wildman–Crippen MR) is 71.2 cm³/mol. The van der Waals surface area contributed by atoms with E-state index in [9.17, 15) is 14.7 Å². The van der Waals surface area contributed by atoms with Gasteiger partial charge in [-0.15, -0.1) is 0 Å². The molecule has 20 heavy (non-hydrogen) atoms. The number of amides is 1. The van der Waals surface area contributed by atoms with Gasteiger partial charge in [-0.25, -0.2) is 5.10 Å². The molecule has 0 spiro atoms. The molecule has 2 aromatic rings. The van der Waals surface area contributed by atoms with Crippen LogP contribution < -0.4 is 10.9 Å². The number of fused-ring (bicyclic) bond motifs is 1. The number of H-pyrrole nitrogens is 1. The van der Waals surface area contributed by atoms with E-state index >= 15 is 0 Å². The molecule has 2 atom stereocenters. The fraction of sp³-hybridized carbons (Fsp3) is 0.214. The first-order valence-corrected chi connectivity index (χ1v) is 6.27. The molecule has 0 saturated heterocycles. The highest BCUT2D eigenvalue weighted by atomic mass is 16.3. The van der Waals surface area contributed by atoms with E-state index < -0.39 is 18.1 Å². The second-order valence-corrected chi connectivity index (χ2v) is 4.73. The Morgan fingerprint density at radius 1 is 1.30 bits per heavy atom. The Kier molecular flexibility index (Phi) is 3.08. The third-order valence-corrected chi connectivity index (χ3v) is 3.40. The van der Waals surface area contributed by atoms with Crippen molar-refractivity contribution in [2.75, 3.05) is 0 Å². The molecule has 0 radical (unpaired) electrons. The number of hydrogen-bond acceptors (Lipinski definition) is 4. The molecule has 0 bridgehead atoms. The van der Waals surface area contributed by atoms with Gasteiger partial charge in [-0.3, -0.25) is 9.59 Å². The summed E-state index contributed by atoms with van der Waals surface area (Å²) in [6, 6.07) is 9.72. The molecule has 1 aliphatic carbocycles. The smallest absolute Gasteiger partial charge is 0.272 e. The highest BCUT2D eigenvalue weighted by Crippen LogP contribution is 2.31. The van der Waals surface area contributed by atoms with Gasteiger partial charge < -0.3 is 10.4 Å². The number of hydrogen-bond donors (Lipinski definition) is 3. The van der Waals surface area contributed by atoms with Crippen molar-refractivity contribution < 1.29 is 9.90 Å². The van der Waals surface area contributed by atoms with E-state index in [2.05, 4.69) is 15.5 Å². The molecular formula is C14H13N3O3. The fourth-order valence-corrected chi connectivity index (χ4v) is 2.43. The summed E-state index contributed by atoms with van der Waals surface area (Å²) in [5, 5.41) is 18.7. The molecular weight excluding hydrogens is 258 g/mol. The Bertz CT molecular complexity index is 690. The topological polar surface area (TPSA) is 95.1 Å². The zero-order chi connectivity index (χ0) is 14.1. The van der Waals surface area contributed by atoms with Crippen molar-refractivity contribution in [2.45, 2.75) is 18.6 Å². The maximum atomic E-state index is 12.1. The van der Waals surface area contributed by atoms with Crippen LogP contribution in [0, 0.1) is 0 Å². The van der Waals surface area contributed by atoms with Crippen molar-refractivity contribution in [1.29, 1.82) is 0 Å². The molecule has 1 aromatic carbocycles. The van der Waals surface area contributed by atoms with Crippen LogP contribution >= 0.6 is 0 Å². The molecule has 6 heteroatoms. The molecule has 3 N–H and O–H groups in total. The minimum Gasteiger partial charge on any atom is -0.390 e. The van der Waals surface area contributed by atoms with Gasteiger partial charge in [-0.2, -0.15) is 5.10 Å². The number of nitrogens with one attached hydrogen (secondary N) is 2. The Morgan fingerprint density at radius 3 is 2.85 bits per heavy atom. The van der Waals surface area contributed by atoms with Crippen molar-refractivity contribution in [3.05, 3.63) is 63.6 Å². The highest BCUT2D eigenvalue weighted by molar-refractivity contribution is 5.92. The number of carbonyl (C=O) groups excluding carboxylic acids is 1. The fourth-order valence-electron chi connectivity index (χ4n) is 2.43. The zero-order valence-electron chi connectivity index (χ0n) is 10.5. The maximum absolute atomic E-state index is 12.1. The second-order valence-electron chi connectivity index (χ2n) is 4.73. The van der Waals surface area contributed by atoms with Crippen LogP contribution in [0.5, 0.6) is 0 Å². The van der Waals surface area contributed by atoms with Gasteiger partial charge in [0, 0.05) is 12.5 Å². The van der Waals surface area contributed by atoms with Crippen molar-refractivity contribution in [1.82, 2.24) is 15.5 Å². The summed E-state index contributed by atoms with van der Waals surface area (Å²) in [7, 11) is 0. The monoisotopic (exact) mass is 271 g/mol. The number of aromatic amines is 1. The second kappa shape index (κ2) is 4.90. The van der Waals surface area contributed by atoms with Crippen LogP contribution in [0.4, 0.5) is 0 Å². The van der Waals surface area contributed by atoms with E-state index in [4.69, 9.17) is 0 Å². The van der Waals surface area contributed by atoms with E-state index in [-0.39, 0.29) is 11.3 Å². The molecule has 0 aliphatic heterocycles. The van der Waals surface area contributed by atoms with Gasteiger partial charge in [0.2, 0.25) is 0 Å². The molecule has 1 aromatic heterocycles. The van der Waals surface area contributed by atoms with E-state index in [1.807, 2.05) is 24.3 Å². The van der Waals surface area contributed by atoms with Gasteiger partial charge in [-0.1, -0.05) is 24.3 Å². The van der Waals surface area contributed by atoms with Crippen molar-refractivity contribution in [3.63, 3.8) is 0 Å².